The molecule has 0 N–H and O–H groups in total. The van der Waals surface area contributed by atoms with Gasteiger partial charge in [0.05, 0.1) is 27.6 Å². The van der Waals surface area contributed by atoms with Gasteiger partial charge in [0.15, 0.2) is 0 Å². The Morgan fingerprint density at radius 1 is 0.269 bits per heavy atom. The van der Waals surface area contributed by atoms with Crippen LogP contribution in [-0.2, 0) is 0 Å². The lowest BCUT2D eigenvalue weighted by molar-refractivity contribution is 1.16. The second-order valence-electron chi connectivity index (χ2n) is 13.7. The Balaban J connectivity index is 1.21. The van der Waals surface area contributed by atoms with Crippen molar-refractivity contribution >= 4 is 54.5 Å². The summed E-state index contributed by atoms with van der Waals surface area (Å²) in [7, 11) is 0. The third-order valence-electron chi connectivity index (χ3n) is 10.8. The van der Waals surface area contributed by atoms with Crippen LogP contribution < -0.4 is 5.56 Å². The minimum absolute atomic E-state index is 0.00181. The van der Waals surface area contributed by atoms with Crippen molar-refractivity contribution in [2.45, 2.75) is 0 Å². The van der Waals surface area contributed by atoms with Gasteiger partial charge in [0, 0.05) is 21.5 Å². The second kappa shape index (κ2) is 11.0. The Hall–Kier alpha value is -6.97. The molecule has 242 valence electrons. The van der Waals surface area contributed by atoms with E-state index in [1.807, 2.05) is 28.7 Å². The predicted octanol–water partition coefficient (Wildman–Crippen LogP) is 12.3. The largest absolute Gasteiger partial charge is 0.305 e. The van der Waals surface area contributed by atoms with Crippen LogP contribution >= 0.6 is 0 Å². The molecule has 0 saturated heterocycles. The number of rotatable bonds is 4. The smallest absolute Gasteiger partial charge is 0.263 e. The van der Waals surface area contributed by atoms with E-state index in [9.17, 15) is 4.79 Å². The van der Waals surface area contributed by atoms with E-state index < -0.39 is 0 Å². The lowest BCUT2D eigenvalue weighted by Gasteiger charge is -2.17. The number of aromatic nitrogens is 2. The maximum atomic E-state index is 14.7. The Labute approximate surface area is 299 Å². The normalized spacial score (nSPS) is 11.9. The number of nitrogens with zero attached hydrogens (tertiary/aromatic N) is 2. The predicted molar refractivity (Wildman–Crippen MR) is 218 cm³/mol. The third-order valence-corrected chi connectivity index (χ3v) is 10.8. The number of fused-ring (bicyclic) bond motifs is 8. The molecule has 11 rings (SSSR count). The monoisotopic (exact) mass is 662 g/mol. The molecule has 8 aromatic carbocycles. The van der Waals surface area contributed by atoms with Crippen molar-refractivity contribution in [3.8, 4) is 44.5 Å². The van der Waals surface area contributed by atoms with Gasteiger partial charge < -0.3 is 4.40 Å². The van der Waals surface area contributed by atoms with Crippen LogP contribution in [-0.4, -0.2) is 8.80 Å². The minimum atomic E-state index is 0.00181. The molecule has 3 aromatic heterocycles. The fourth-order valence-electron chi connectivity index (χ4n) is 8.41. The van der Waals surface area contributed by atoms with E-state index in [0.29, 0.717) is 0 Å². The van der Waals surface area contributed by atoms with Crippen LogP contribution in [0.15, 0.2) is 187 Å². The van der Waals surface area contributed by atoms with Gasteiger partial charge in [-0.2, -0.15) is 0 Å². The van der Waals surface area contributed by atoms with Gasteiger partial charge in [-0.3, -0.25) is 9.20 Å². The van der Waals surface area contributed by atoms with Gasteiger partial charge in [0.25, 0.3) is 5.56 Å². The highest BCUT2D eigenvalue weighted by Gasteiger charge is 2.22. The molecular formula is C49H30N2O. The van der Waals surface area contributed by atoms with E-state index in [2.05, 4.69) is 162 Å². The summed E-state index contributed by atoms with van der Waals surface area (Å²) >= 11 is 0. The fourth-order valence-corrected chi connectivity index (χ4v) is 8.41. The lowest BCUT2D eigenvalue weighted by Crippen LogP contribution is -2.16. The molecule has 0 fully saturated rings. The summed E-state index contributed by atoms with van der Waals surface area (Å²) in [6.07, 6.45) is 0. The van der Waals surface area contributed by atoms with E-state index in [1.54, 1.807) is 0 Å². The van der Waals surface area contributed by atoms with Crippen molar-refractivity contribution < 1.29 is 0 Å². The van der Waals surface area contributed by atoms with Crippen LogP contribution in [0.3, 0.4) is 0 Å². The first-order valence-corrected chi connectivity index (χ1v) is 17.7. The van der Waals surface area contributed by atoms with E-state index in [4.69, 9.17) is 0 Å². The van der Waals surface area contributed by atoms with E-state index in [-0.39, 0.29) is 5.56 Å². The maximum absolute atomic E-state index is 14.7. The van der Waals surface area contributed by atoms with Crippen LogP contribution in [0.25, 0.3) is 99.0 Å². The van der Waals surface area contributed by atoms with Crippen molar-refractivity contribution in [2.75, 3.05) is 0 Å². The van der Waals surface area contributed by atoms with E-state index in [0.717, 1.165) is 71.4 Å². The van der Waals surface area contributed by atoms with E-state index in [1.165, 1.54) is 27.6 Å². The van der Waals surface area contributed by atoms with Gasteiger partial charge in [-0.1, -0.05) is 140 Å². The first-order valence-electron chi connectivity index (χ1n) is 17.7. The van der Waals surface area contributed by atoms with Crippen LogP contribution in [0.1, 0.15) is 0 Å². The summed E-state index contributed by atoms with van der Waals surface area (Å²) < 4.78 is 4.36. The fraction of sp³-hybridized carbons (Fsp3) is 0. The average molecular weight is 663 g/mol. The molecule has 0 amide bonds. The number of hydrogen-bond donors (Lipinski definition) is 0. The van der Waals surface area contributed by atoms with Gasteiger partial charge in [-0.15, -0.1) is 0 Å². The van der Waals surface area contributed by atoms with Gasteiger partial charge in [0.2, 0.25) is 0 Å². The van der Waals surface area contributed by atoms with Crippen molar-refractivity contribution in [3.63, 3.8) is 0 Å². The zero-order chi connectivity index (χ0) is 34.3. The van der Waals surface area contributed by atoms with Crippen LogP contribution in [0.5, 0.6) is 0 Å². The summed E-state index contributed by atoms with van der Waals surface area (Å²) in [5.74, 6) is 0. The first kappa shape index (κ1) is 28.8. The molecule has 0 spiro atoms. The maximum Gasteiger partial charge on any atom is 0.263 e. The Morgan fingerprint density at radius 2 is 0.731 bits per heavy atom. The van der Waals surface area contributed by atoms with E-state index >= 15 is 0 Å². The van der Waals surface area contributed by atoms with Gasteiger partial charge in [0.1, 0.15) is 0 Å². The quantitative estimate of drug-likeness (QED) is 0.136. The minimum Gasteiger partial charge on any atom is -0.305 e. The summed E-state index contributed by atoms with van der Waals surface area (Å²) in [6.45, 7) is 0. The molecule has 52 heavy (non-hydrogen) atoms. The number of pyridine rings is 1. The van der Waals surface area contributed by atoms with Crippen molar-refractivity contribution in [1.29, 1.82) is 0 Å². The second-order valence-corrected chi connectivity index (χ2v) is 13.7. The molecule has 11 aromatic rings. The van der Waals surface area contributed by atoms with Crippen molar-refractivity contribution in [1.82, 2.24) is 8.80 Å². The Bertz CT molecular complexity index is 3240. The SMILES string of the molecule is O=c1c2ccccc2c2ccc3c4cc(-c5cccc(-c6ccccc6)c5)ccc4n4c5ccc(-c6cccc(-c7ccccc7)c6)cc5n1c2c34. The van der Waals surface area contributed by atoms with Crippen LogP contribution in [0.2, 0.25) is 0 Å². The molecule has 0 radical (unpaired) electrons. The molecule has 0 saturated carbocycles. The van der Waals surface area contributed by atoms with Crippen LogP contribution in [0.4, 0.5) is 0 Å². The molecule has 0 bridgehead atoms. The van der Waals surface area contributed by atoms with Crippen molar-refractivity contribution in [2.24, 2.45) is 0 Å². The summed E-state index contributed by atoms with van der Waals surface area (Å²) in [5.41, 5.74) is 14.3. The molecule has 0 aliphatic heterocycles. The van der Waals surface area contributed by atoms with Gasteiger partial charge in [-0.05, 0) is 92.4 Å². The van der Waals surface area contributed by atoms with Gasteiger partial charge >= 0.3 is 0 Å². The Kier molecular flexibility index (Phi) is 6.11. The topological polar surface area (TPSA) is 25.9 Å². The molecule has 3 heterocycles. The molecule has 0 aliphatic rings. The molecule has 0 unspecified atom stereocenters. The zero-order valence-electron chi connectivity index (χ0n) is 28.1. The third kappa shape index (κ3) is 4.17. The number of benzene rings is 8. The summed E-state index contributed by atoms with van der Waals surface area (Å²) in [6, 6.07) is 64.3. The summed E-state index contributed by atoms with van der Waals surface area (Å²) in [4.78, 5) is 14.7. The highest BCUT2D eigenvalue weighted by molar-refractivity contribution is 6.23. The first-order chi connectivity index (χ1) is 25.7. The zero-order valence-corrected chi connectivity index (χ0v) is 28.1. The molecule has 0 aliphatic carbocycles. The number of hydrogen-bond acceptors (Lipinski definition) is 1. The molecule has 3 heteroatoms. The highest BCUT2D eigenvalue weighted by atomic mass is 16.1. The molecular weight excluding hydrogens is 633 g/mol. The highest BCUT2D eigenvalue weighted by Crippen LogP contribution is 2.41. The standard InChI is InChI=1S/C49H30N2O/c52-49-42-20-8-7-19-39(42)40-23-24-41-43-29-37(35-17-9-15-33(27-35)31-11-3-1-4-12-31)21-25-44(43)50-45-26-22-38(30-46(45)51(49)48(40)47(41)50)36-18-10-16-34(28-36)32-13-5-2-6-14-32/h1-30H. The summed E-state index contributed by atoms with van der Waals surface area (Å²) in [5, 5.41) is 5.08. The average Bonchev–Trinajstić information content (AvgIpc) is 3.56. The van der Waals surface area contributed by atoms with Crippen LogP contribution in [0, 0.1) is 0 Å². The Morgan fingerprint density at radius 3 is 1.37 bits per heavy atom. The molecule has 0 atom stereocenters. The lowest BCUT2D eigenvalue weighted by atomic mass is 9.97. The van der Waals surface area contributed by atoms with Crippen molar-refractivity contribution in [3.05, 3.63) is 192 Å². The van der Waals surface area contributed by atoms with Gasteiger partial charge in [-0.25, -0.2) is 0 Å². The molecule has 3 nitrogen and oxygen atoms in total.